The zero-order valence-corrected chi connectivity index (χ0v) is 17.4. The average molecular weight is 411 g/mol. The van der Waals surface area contributed by atoms with Crippen molar-refractivity contribution in [3.8, 4) is 29.1 Å². The van der Waals surface area contributed by atoms with Gasteiger partial charge in [-0.25, -0.2) is 0 Å². The van der Waals surface area contributed by atoms with Gasteiger partial charge in [0.2, 0.25) is 0 Å². The molecule has 2 rings (SSSR count). The van der Waals surface area contributed by atoms with E-state index in [0.717, 1.165) is 5.56 Å². The van der Waals surface area contributed by atoms with Crippen molar-refractivity contribution in [1.82, 2.24) is 5.32 Å². The molecular weight excluding hydrogens is 386 g/mol. The van der Waals surface area contributed by atoms with Gasteiger partial charge in [0.25, 0.3) is 5.91 Å². The number of carbonyl (C=O) groups excluding carboxylic acids is 1. The topological polar surface area (TPSA) is 102 Å². The number of nitrogens with one attached hydrogen (secondary N) is 2. The Morgan fingerprint density at radius 3 is 2.30 bits per heavy atom. The zero-order chi connectivity index (χ0) is 21.9. The minimum Gasteiger partial charge on any atom is -0.497 e. The highest BCUT2D eigenvalue weighted by molar-refractivity contribution is 6.07. The summed E-state index contributed by atoms with van der Waals surface area (Å²) in [5.41, 5.74) is 1.37. The molecule has 0 radical (unpaired) electrons. The van der Waals surface area contributed by atoms with Crippen molar-refractivity contribution in [2.75, 3.05) is 40.3 Å². The van der Waals surface area contributed by atoms with Gasteiger partial charge in [-0.2, -0.15) is 5.26 Å². The maximum absolute atomic E-state index is 12.5. The molecule has 2 aromatic rings. The van der Waals surface area contributed by atoms with Crippen LogP contribution in [0.1, 0.15) is 5.56 Å². The quantitative estimate of drug-likeness (QED) is 0.352. The maximum Gasteiger partial charge on any atom is 0.267 e. The van der Waals surface area contributed by atoms with Gasteiger partial charge in [-0.15, -0.1) is 0 Å². The van der Waals surface area contributed by atoms with Crippen LogP contribution < -0.4 is 29.6 Å². The lowest BCUT2D eigenvalue weighted by Crippen LogP contribution is -2.18. The standard InChI is InChI=1S/C22H25N3O5/c1-27-17-6-8-19(28-2)18(12-17)25-22(26)16(13-23)14-24-10-9-15-5-7-20(29-3)21(11-15)30-4/h5-8,11-12,14,24H,9-10H2,1-4H3,(H,25,26)/b16-14-. The van der Waals surface area contributed by atoms with Gasteiger partial charge in [-0.3, -0.25) is 4.79 Å². The summed E-state index contributed by atoms with van der Waals surface area (Å²) in [6.45, 7) is 0.524. The first-order valence-corrected chi connectivity index (χ1v) is 9.14. The third-order valence-corrected chi connectivity index (χ3v) is 4.27. The molecule has 8 heteroatoms. The number of nitrogens with zero attached hydrogens (tertiary/aromatic N) is 1. The van der Waals surface area contributed by atoms with Crippen LogP contribution in [0.2, 0.25) is 0 Å². The fourth-order valence-electron chi connectivity index (χ4n) is 2.68. The summed E-state index contributed by atoms with van der Waals surface area (Å²) >= 11 is 0. The predicted octanol–water partition coefficient (Wildman–Crippen LogP) is 2.90. The van der Waals surface area contributed by atoms with Gasteiger partial charge in [0.15, 0.2) is 11.5 Å². The van der Waals surface area contributed by atoms with E-state index in [1.165, 1.54) is 20.4 Å². The Morgan fingerprint density at radius 2 is 1.67 bits per heavy atom. The van der Waals surface area contributed by atoms with E-state index >= 15 is 0 Å². The summed E-state index contributed by atoms with van der Waals surface area (Å²) in [7, 11) is 6.18. The Morgan fingerprint density at radius 1 is 0.967 bits per heavy atom. The SMILES string of the molecule is COc1ccc(OC)c(NC(=O)/C(C#N)=C\NCCc2ccc(OC)c(OC)c2)c1. The first-order valence-electron chi connectivity index (χ1n) is 9.14. The number of rotatable bonds is 10. The summed E-state index contributed by atoms with van der Waals surface area (Å²) in [6.07, 6.45) is 2.06. The normalized spacial score (nSPS) is 10.6. The number of methoxy groups -OCH3 is 4. The fraction of sp³-hybridized carbons (Fsp3) is 0.273. The van der Waals surface area contributed by atoms with Crippen molar-refractivity contribution < 1.29 is 23.7 Å². The molecule has 0 aliphatic rings. The lowest BCUT2D eigenvalue weighted by atomic mass is 10.1. The third kappa shape index (κ3) is 5.82. The van der Waals surface area contributed by atoms with E-state index in [9.17, 15) is 10.1 Å². The smallest absolute Gasteiger partial charge is 0.267 e. The lowest BCUT2D eigenvalue weighted by Gasteiger charge is -2.11. The van der Waals surface area contributed by atoms with Crippen LogP contribution in [-0.2, 0) is 11.2 Å². The zero-order valence-electron chi connectivity index (χ0n) is 17.4. The summed E-state index contributed by atoms with van der Waals surface area (Å²) in [6, 6.07) is 12.6. The van der Waals surface area contributed by atoms with Gasteiger partial charge < -0.3 is 29.6 Å². The molecule has 0 fully saturated rings. The van der Waals surface area contributed by atoms with Crippen LogP contribution in [0.4, 0.5) is 5.69 Å². The van der Waals surface area contributed by atoms with E-state index in [1.54, 1.807) is 32.4 Å². The summed E-state index contributed by atoms with van der Waals surface area (Å²) < 4.78 is 20.9. The highest BCUT2D eigenvalue weighted by atomic mass is 16.5. The number of benzene rings is 2. The van der Waals surface area contributed by atoms with Crippen molar-refractivity contribution in [2.45, 2.75) is 6.42 Å². The highest BCUT2D eigenvalue weighted by Gasteiger charge is 2.13. The summed E-state index contributed by atoms with van der Waals surface area (Å²) in [5, 5.41) is 15.0. The molecule has 0 bridgehead atoms. The van der Waals surface area contributed by atoms with Crippen molar-refractivity contribution in [3.05, 3.63) is 53.7 Å². The summed E-state index contributed by atoms with van der Waals surface area (Å²) in [5.74, 6) is 1.77. The molecule has 0 saturated carbocycles. The number of nitriles is 1. The second-order valence-corrected chi connectivity index (χ2v) is 6.08. The van der Waals surface area contributed by atoms with E-state index < -0.39 is 5.91 Å². The Balaban J connectivity index is 1.99. The molecule has 2 N–H and O–H groups in total. The first-order chi connectivity index (χ1) is 14.6. The minimum absolute atomic E-state index is 0.0628. The first kappa shape index (κ1) is 22.4. The Labute approximate surface area is 176 Å². The number of anilines is 1. The molecule has 0 aliphatic carbocycles. The van der Waals surface area contributed by atoms with Crippen LogP contribution in [-0.4, -0.2) is 40.9 Å². The molecule has 0 atom stereocenters. The van der Waals surface area contributed by atoms with Crippen molar-refractivity contribution in [2.24, 2.45) is 0 Å². The molecule has 0 aromatic heterocycles. The van der Waals surface area contributed by atoms with Crippen molar-refractivity contribution in [1.29, 1.82) is 5.26 Å². The van der Waals surface area contributed by atoms with E-state index in [2.05, 4.69) is 10.6 Å². The molecule has 158 valence electrons. The fourth-order valence-corrected chi connectivity index (χ4v) is 2.68. The van der Waals surface area contributed by atoms with Crippen LogP contribution in [0.15, 0.2) is 48.2 Å². The molecule has 2 aromatic carbocycles. The van der Waals surface area contributed by atoms with Crippen LogP contribution in [0.3, 0.4) is 0 Å². The van der Waals surface area contributed by atoms with Gasteiger partial charge in [0, 0.05) is 18.8 Å². The monoisotopic (exact) mass is 411 g/mol. The Kier molecular flexibility index (Phi) is 8.39. The van der Waals surface area contributed by atoms with Crippen LogP contribution >= 0.6 is 0 Å². The highest BCUT2D eigenvalue weighted by Crippen LogP contribution is 2.29. The average Bonchev–Trinajstić information content (AvgIpc) is 2.78. The minimum atomic E-state index is -0.553. The number of ether oxygens (including phenoxy) is 4. The van der Waals surface area contributed by atoms with Crippen molar-refractivity contribution >= 4 is 11.6 Å². The van der Waals surface area contributed by atoms with Crippen molar-refractivity contribution in [3.63, 3.8) is 0 Å². The van der Waals surface area contributed by atoms with Crippen LogP contribution in [0.5, 0.6) is 23.0 Å². The maximum atomic E-state index is 12.5. The molecule has 30 heavy (non-hydrogen) atoms. The predicted molar refractivity (Wildman–Crippen MR) is 113 cm³/mol. The molecular formula is C22H25N3O5. The second kappa shape index (κ2) is 11.2. The third-order valence-electron chi connectivity index (χ3n) is 4.27. The number of hydrogen-bond acceptors (Lipinski definition) is 7. The van der Waals surface area contributed by atoms with Crippen LogP contribution in [0, 0.1) is 11.3 Å². The van der Waals surface area contributed by atoms with E-state index in [-0.39, 0.29) is 5.57 Å². The van der Waals surface area contributed by atoms with E-state index in [4.69, 9.17) is 18.9 Å². The van der Waals surface area contributed by atoms with Gasteiger partial charge in [0.1, 0.15) is 23.1 Å². The number of amides is 1. The molecule has 0 unspecified atom stereocenters. The lowest BCUT2D eigenvalue weighted by molar-refractivity contribution is -0.112. The summed E-state index contributed by atoms with van der Waals surface area (Å²) in [4.78, 5) is 12.5. The Hall–Kier alpha value is -3.86. The molecule has 0 aliphatic heterocycles. The van der Waals surface area contributed by atoms with E-state index in [0.29, 0.717) is 41.7 Å². The largest absolute Gasteiger partial charge is 0.497 e. The molecule has 8 nitrogen and oxygen atoms in total. The Bertz CT molecular complexity index is 950. The number of hydrogen-bond donors (Lipinski definition) is 2. The number of carbonyl (C=O) groups is 1. The van der Waals surface area contributed by atoms with Gasteiger partial charge in [-0.05, 0) is 36.2 Å². The molecule has 0 heterocycles. The second-order valence-electron chi connectivity index (χ2n) is 6.08. The van der Waals surface area contributed by atoms with Gasteiger partial charge in [0.05, 0.1) is 34.1 Å². The molecule has 0 spiro atoms. The van der Waals surface area contributed by atoms with Gasteiger partial charge in [-0.1, -0.05) is 6.07 Å². The van der Waals surface area contributed by atoms with E-state index in [1.807, 2.05) is 24.3 Å². The van der Waals surface area contributed by atoms with Gasteiger partial charge >= 0.3 is 0 Å². The molecule has 1 amide bonds. The molecule has 0 saturated heterocycles. The van der Waals surface area contributed by atoms with Crippen LogP contribution in [0.25, 0.3) is 0 Å².